The summed E-state index contributed by atoms with van der Waals surface area (Å²) in [6, 6.07) is 17.4. The van der Waals surface area contributed by atoms with Crippen LogP contribution in [0, 0.1) is 13.8 Å². The van der Waals surface area contributed by atoms with Gasteiger partial charge in [-0.15, -0.1) is 12.4 Å². The minimum atomic E-state index is 0. The molecular weight excluding hydrogens is 304 g/mol. The van der Waals surface area contributed by atoms with E-state index in [9.17, 15) is 0 Å². The summed E-state index contributed by atoms with van der Waals surface area (Å²) in [6.45, 7) is 4.41. The summed E-state index contributed by atoms with van der Waals surface area (Å²) in [6.07, 6.45) is 5.77. The summed E-state index contributed by atoms with van der Waals surface area (Å²) in [5, 5.41) is 0. The van der Waals surface area contributed by atoms with Crippen LogP contribution in [0.2, 0.25) is 0 Å². The Hall–Kier alpha value is -2.06. The third-order valence-electron chi connectivity index (χ3n) is 4.38. The van der Waals surface area contributed by atoms with Gasteiger partial charge in [0.1, 0.15) is 0 Å². The fraction of sp³-hybridized carbons (Fsp3) is 0.250. The lowest BCUT2D eigenvalue weighted by Crippen LogP contribution is -2.07. The van der Waals surface area contributed by atoms with E-state index >= 15 is 0 Å². The van der Waals surface area contributed by atoms with Crippen LogP contribution in [-0.4, -0.2) is 9.97 Å². The zero-order valence-corrected chi connectivity index (χ0v) is 14.4. The van der Waals surface area contributed by atoms with E-state index in [1.165, 1.54) is 27.9 Å². The van der Waals surface area contributed by atoms with Gasteiger partial charge in [0.15, 0.2) is 0 Å². The predicted molar refractivity (Wildman–Crippen MR) is 98.4 cm³/mol. The second-order valence-electron chi connectivity index (χ2n) is 5.88. The zero-order valence-electron chi connectivity index (χ0n) is 13.6. The largest absolute Gasteiger partial charge is 0.348 e. The van der Waals surface area contributed by atoms with E-state index in [-0.39, 0.29) is 12.4 Å². The van der Waals surface area contributed by atoms with Crippen molar-refractivity contribution in [2.45, 2.75) is 32.6 Å². The number of aromatic amines is 1. The molecule has 3 aromatic rings. The van der Waals surface area contributed by atoms with Crippen LogP contribution in [0.15, 0.2) is 61.1 Å². The summed E-state index contributed by atoms with van der Waals surface area (Å²) in [5.74, 6) is 0.422. The van der Waals surface area contributed by atoms with Gasteiger partial charge in [-0.1, -0.05) is 48.5 Å². The monoisotopic (exact) mass is 326 g/mol. The van der Waals surface area contributed by atoms with Gasteiger partial charge < -0.3 is 4.98 Å². The van der Waals surface area contributed by atoms with Gasteiger partial charge in [0.25, 0.3) is 0 Å². The van der Waals surface area contributed by atoms with Crippen molar-refractivity contribution < 1.29 is 0 Å². The third-order valence-corrected chi connectivity index (χ3v) is 4.38. The highest BCUT2D eigenvalue weighted by Crippen LogP contribution is 2.33. The van der Waals surface area contributed by atoms with Crippen molar-refractivity contribution in [3.05, 3.63) is 89.0 Å². The van der Waals surface area contributed by atoms with E-state index < -0.39 is 0 Å². The van der Waals surface area contributed by atoms with Crippen LogP contribution in [0.4, 0.5) is 0 Å². The number of aromatic nitrogens is 2. The SMILES string of the molecule is Cc1ccccc1C(CCc1cnc[nH]1)c1ccccc1C.Cl. The first-order valence-electron chi connectivity index (χ1n) is 7.84. The maximum atomic E-state index is 4.13. The number of halogens is 1. The van der Waals surface area contributed by atoms with Crippen molar-refractivity contribution in [2.24, 2.45) is 0 Å². The number of imidazole rings is 1. The summed E-state index contributed by atoms with van der Waals surface area (Å²) in [5.41, 5.74) is 6.78. The molecule has 0 aliphatic rings. The van der Waals surface area contributed by atoms with Crippen LogP contribution in [0.25, 0.3) is 0 Å². The fourth-order valence-corrected chi connectivity index (χ4v) is 3.16. The second-order valence-corrected chi connectivity index (χ2v) is 5.88. The molecule has 1 N–H and O–H groups in total. The Morgan fingerprint density at radius 3 is 1.96 bits per heavy atom. The van der Waals surface area contributed by atoms with Gasteiger partial charge in [-0.05, 0) is 48.9 Å². The van der Waals surface area contributed by atoms with E-state index in [0.29, 0.717) is 5.92 Å². The van der Waals surface area contributed by atoms with Gasteiger partial charge in [-0.2, -0.15) is 0 Å². The Morgan fingerprint density at radius 1 is 0.913 bits per heavy atom. The molecule has 3 heteroatoms. The molecule has 120 valence electrons. The fourth-order valence-electron chi connectivity index (χ4n) is 3.16. The third kappa shape index (κ3) is 4.02. The van der Waals surface area contributed by atoms with Crippen molar-refractivity contribution in [1.29, 1.82) is 0 Å². The number of aryl methyl sites for hydroxylation is 3. The van der Waals surface area contributed by atoms with Crippen LogP contribution in [0.5, 0.6) is 0 Å². The molecule has 2 nitrogen and oxygen atoms in total. The van der Waals surface area contributed by atoms with Crippen LogP contribution in [0.1, 0.15) is 40.3 Å². The van der Waals surface area contributed by atoms with Crippen LogP contribution < -0.4 is 0 Å². The molecule has 0 saturated heterocycles. The van der Waals surface area contributed by atoms with Gasteiger partial charge in [-0.3, -0.25) is 0 Å². The normalized spacial score (nSPS) is 10.6. The molecule has 3 rings (SSSR count). The van der Waals surface area contributed by atoms with E-state index in [2.05, 4.69) is 72.3 Å². The highest BCUT2D eigenvalue weighted by Gasteiger charge is 2.17. The standard InChI is InChI=1S/C20H22N2.ClH/c1-15-7-3-5-9-18(15)20(12-11-17-13-21-14-22-17)19-10-6-4-8-16(19)2;/h3-10,13-14,20H,11-12H2,1-2H3,(H,21,22);1H. The molecule has 0 spiro atoms. The minimum Gasteiger partial charge on any atom is -0.348 e. The molecule has 0 saturated carbocycles. The van der Waals surface area contributed by atoms with Crippen LogP contribution >= 0.6 is 12.4 Å². The summed E-state index contributed by atoms with van der Waals surface area (Å²) in [7, 11) is 0. The molecule has 2 aromatic carbocycles. The van der Waals surface area contributed by atoms with Gasteiger partial charge >= 0.3 is 0 Å². The predicted octanol–water partition coefficient (Wildman–Crippen LogP) is 5.21. The van der Waals surface area contributed by atoms with Crippen molar-refractivity contribution >= 4 is 12.4 Å². The molecular formula is C20H23ClN2. The van der Waals surface area contributed by atoms with Gasteiger partial charge in [-0.25, -0.2) is 4.98 Å². The molecule has 1 heterocycles. The quantitative estimate of drug-likeness (QED) is 0.684. The van der Waals surface area contributed by atoms with Crippen molar-refractivity contribution in [2.75, 3.05) is 0 Å². The average Bonchev–Trinajstić information content (AvgIpc) is 3.04. The second kappa shape index (κ2) is 7.98. The topological polar surface area (TPSA) is 28.7 Å². The first-order chi connectivity index (χ1) is 10.8. The minimum absolute atomic E-state index is 0. The molecule has 0 fully saturated rings. The van der Waals surface area contributed by atoms with Crippen molar-refractivity contribution in [3.8, 4) is 0 Å². The molecule has 0 atom stereocenters. The maximum Gasteiger partial charge on any atom is 0.0921 e. The number of H-pyrrole nitrogens is 1. The van der Waals surface area contributed by atoms with Gasteiger partial charge in [0.2, 0.25) is 0 Å². The Balaban J connectivity index is 0.00000192. The number of hydrogen-bond acceptors (Lipinski definition) is 1. The lowest BCUT2D eigenvalue weighted by atomic mass is 9.83. The lowest BCUT2D eigenvalue weighted by molar-refractivity contribution is 0.699. The maximum absolute atomic E-state index is 4.13. The van der Waals surface area contributed by atoms with E-state index in [4.69, 9.17) is 0 Å². The molecule has 0 radical (unpaired) electrons. The number of nitrogens with one attached hydrogen (secondary N) is 1. The van der Waals surface area contributed by atoms with Crippen molar-refractivity contribution in [1.82, 2.24) is 9.97 Å². The number of rotatable bonds is 5. The molecule has 0 unspecified atom stereocenters. The molecule has 0 amide bonds. The Morgan fingerprint density at radius 2 is 1.48 bits per heavy atom. The Labute approximate surface area is 144 Å². The summed E-state index contributed by atoms with van der Waals surface area (Å²) < 4.78 is 0. The molecule has 23 heavy (non-hydrogen) atoms. The smallest absolute Gasteiger partial charge is 0.0921 e. The molecule has 1 aromatic heterocycles. The summed E-state index contributed by atoms with van der Waals surface area (Å²) in [4.78, 5) is 7.34. The highest BCUT2D eigenvalue weighted by molar-refractivity contribution is 5.85. The number of nitrogens with zero attached hydrogens (tertiary/aromatic N) is 1. The number of hydrogen-bond donors (Lipinski definition) is 1. The van der Waals surface area contributed by atoms with Crippen LogP contribution in [-0.2, 0) is 6.42 Å². The van der Waals surface area contributed by atoms with Crippen LogP contribution in [0.3, 0.4) is 0 Å². The first-order valence-corrected chi connectivity index (χ1v) is 7.84. The first kappa shape index (κ1) is 17.3. The molecule has 0 bridgehead atoms. The molecule has 0 aliphatic heterocycles. The molecule has 0 aliphatic carbocycles. The van der Waals surface area contributed by atoms with E-state index in [0.717, 1.165) is 12.8 Å². The highest BCUT2D eigenvalue weighted by atomic mass is 35.5. The zero-order chi connectivity index (χ0) is 15.4. The Kier molecular flexibility index (Phi) is 6.00. The van der Waals surface area contributed by atoms with E-state index in [1.54, 1.807) is 6.33 Å². The number of benzene rings is 2. The lowest BCUT2D eigenvalue weighted by Gasteiger charge is -2.21. The average molecular weight is 327 g/mol. The van der Waals surface area contributed by atoms with Gasteiger partial charge in [0, 0.05) is 17.8 Å². The summed E-state index contributed by atoms with van der Waals surface area (Å²) >= 11 is 0. The Bertz CT molecular complexity index is 689. The van der Waals surface area contributed by atoms with E-state index in [1.807, 2.05) is 6.20 Å². The van der Waals surface area contributed by atoms with Crippen molar-refractivity contribution in [3.63, 3.8) is 0 Å². The van der Waals surface area contributed by atoms with Gasteiger partial charge in [0.05, 0.1) is 6.33 Å².